The van der Waals surface area contributed by atoms with Gasteiger partial charge in [0.15, 0.2) is 0 Å². The summed E-state index contributed by atoms with van der Waals surface area (Å²) >= 11 is 6.20. The summed E-state index contributed by atoms with van der Waals surface area (Å²) in [6.07, 6.45) is 3.63. The van der Waals surface area contributed by atoms with E-state index in [9.17, 15) is 4.79 Å². The minimum absolute atomic E-state index is 0.151. The Kier molecular flexibility index (Phi) is 5.38. The predicted octanol–water partition coefficient (Wildman–Crippen LogP) is 3.75. The van der Waals surface area contributed by atoms with Crippen LogP contribution in [0.5, 0.6) is 0 Å². The minimum Gasteiger partial charge on any atom is -0.373 e. The van der Waals surface area contributed by atoms with Gasteiger partial charge in [-0.15, -0.1) is 0 Å². The topological polar surface area (TPSA) is 78.9 Å². The molecule has 0 atom stereocenters. The van der Waals surface area contributed by atoms with Crippen molar-refractivity contribution in [1.29, 1.82) is 0 Å². The standard InChI is InChI=1S/C18H22ClN5O/c1-11-8-16(20-2)24-18(22-11)23-13-6-7-15(19)14(9-13)17(25)21-10-12-4-3-5-12/h6-9,12H,3-5,10H2,1-2H3,(H,21,25)(H2,20,22,23,24). The van der Waals surface area contributed by atoms with Gasteiger partial charge in [-0.3, -0.25) is 4.79 Å². The van der Waals surface area contributed by atoms with Crippen molar-refractivity contribution >= 4 is 35.0 Å². The highest BCUT2D eigenvalue weighted by atomic mass is 35.5. The highest BCUT2D eigenvalue weighted by Crippen LogP contribution is 2.26. The normalized spacial score (nSPS) is 13.9. The van der Waals surface area contributed by atoms with Gasteiger partial charge < -0.3 is 16.0 Å². The molecule has 1 amide bonds. The first-order chi connectivity index (χ1) is 12.0. The van der Waals surface area contributed by atoms with Gasteiger partial charge in [0.05, 0.1) is 10.6 Å². The summed E-state index contributed by atoms with van der Waals surface area (Å²) in [5.41, 5.74) is 2.01. The van der Waals surface area contributed by atoms with Crippen molar-refractivity contribution in [1.82, 2.24) is 15.3 Å². The third kappa shape index (κ3) is 4.39. The number of amides is 1. The van der Waals surface area contributed by atoms with Gasteiger partial charge in [-0.25, -0.2) is 4.98 Å². The lowest BCUT2D eigenvalue weighted by molar-refractivity contribution is 0.0939. The molecule has 1 fully saturated rings. The number of rotatable bonds is 6. The van der Waals surface area contributed by atoms with Crippen molar-refractivity contribution in [2.75, 3.05) is 24.2 Å². The number of nitrogens with one attached hydrogen (secondary N) is 3. The predicted molar refractivity (Wildman–Crippen MR) is 101 cm³/mol. The molecule has 1 aliphatic carbocycles. The molecule has 132 valence electrons. The SMILES string of the molecule is CNc1cc(C)nc(Nc2ccc(Cl)c(C(=O)NCC3CCC3)c2)n1. The van der Waals surface area contributed by atoms with E-state index >= 15 is 0 Å². The van der Waals surface area contributed by atoms with Crippen LogP contribution in [-0.4, -0.2) is 29.5 Å². The molecular formula is C18H22ClN5O. The number of carbonyl (C=O) groups is 1. The largest absolute Gasteiger partial charge is 0.373 e. The Labute approximate surface area is 152 Å². The second-order valence-corrected chi connectivity index (χ2v) is 6.70. The fraction of sp³-hybridized carbons (Fsp3) is 0.389. The summed E-state index contributed by atoms with van der Waals surface area (Å²) < 4.78 is 0. The van der Waals surface area contributed by atoms with Crippen molar-refractivity contribution in [2.45, 2.75) is 26.2 Å². The summed E-state index contributed by atoms with van der Waals surface area (Å²) in [5, 5.41) is 9.52. The lowest BCUT2D eigenvalue weighted by Crippen LogP contribution is -2.32. The second kappa shape index (κ2) is 7.70. The molecule has 3 N–H and O–H groups in total. The van der Waals surface area contributed by atoms with Crippen LogP contribution in [0.4, 0.5) is 17.5 Å². The van der Waals surface area contributed by atoms with Crippen LogP contribution in [-0.2, 0) is 0 Å². The molecule has 0 aliphatic heterocycles. The molecule has 0 bridgehead atoms. The van der Waals surface area contributed by atoms with E-state index in [2.05, 4.69) is 25.9 Å². The molecule has 1 aromatic carbocycles. The van der Waals surface area contributed by atoms with Gasteiger partial charge in [-0.05, 0) is 43.9 Å². The molecule has 0 unspecified atom stereocenters. The van der Waals surface area contributed by atoms with Crippen molar-refractivity contribution in [3.63, 3.8) is 0 Å². The molecule has 1 aromatic heterocycles. The van der Waals surface area contributed by atoms with E-state index in [1.54, 1.807) is 25.2 Å². The van der Waals surface area contributed by atoms with Crippen molar-refractivity contribution in [3.8, 4) is 0 Å². The zero-order valence-electron chi connectivity index (χ0n) is 14.4. The molecule has 25 heavy (non-hydrogen) atoms. The summed E-state index contributed by atoms with van der Waals surface area (Å²) in [4.78, 5) is 21.1. The molecule has 0 saturated heterocycles. The third-order valence-corrected chi connectivity index (χ3v) is 4.68. The number of aromatic nitrogens is 2. The van der Waals surface area contributed by atoms with Crippen LogP contribution < -0.4 is 16.0 Å². The summed E-state index contributed by atoms with van der Waals surface area (Å²) in [6.45, 7) is 2.61. The van der Waals surface area contributed by atoms with Crippen LogP contribution in [0.3, 0.4) is 0 Å². The number of aryl methyl sites for hydroxylation is 1. The smallest absolute Gasteiger partial charge is 0.252 e. The number of hydrogen-bond donors (Lipinski definition) is 3. The van der Waals surface area contributed by atoms with E-state index in [-0.39, 0.29) is 5.91 Å². The molecule has 1 aliphatic rings. The van der Waals surface area contributed by atoms with Crippen LogP contribution in [0.15, 0.2) is 24.3 Å². The molecule has 1 saturated carbocycles. The number of anilines is 3. The Morgan fingerprint density at radius 2 is 2.08 bits per heavy atom. The Bertz CT molecular complexity index is 776. The van der Waals surface area contributed by atoms with Gasteiger partial charge in [0.25, 0.3) is 5.91 Å². The minimum atomic E-state index is -0.151. The number of carbonyl (C=O) groups excluding carboxylic acids is 1. The summed E-state index contributed by atoms with van der Waals surface area (Å²) in [5.74, 6) is 1.64. The van der Waals surface area contributed by atoms with Crippen molar-refractivity contribution < 1.29 is 4.79 Å². The van der Waals surface area contributed by atoms with Crippen molar-refractivity contribution in [2.24, 2.45) is 5.92 Å². The van der Waals surface area contributed by atoms with E-state index < -0.39 is 0 Å². The fourth-order valence-electron chi connectivity index (χ4n) is 2.69. The Hall–Kier alpha value is -2.34. The zero-order valence-corrected chi connectivity index (χ0v) is 15.2. The van der Waals surface area contributed by atoms with Gasteiger partial charge >= 0.3 is 0 Å². The molecular weight excluding hydrogens is 338 g/mol. The summed E-state index contributed by atoms with van der Waals surface area (Å²) in [7, 11) is 1.80. The maximum Gasteiger partial charge on any atom is 0.252 e. The van der Waals surface area contributed by atoms with Crippen LogP contribution in [0.1, 0.15) is 35.3 Å². The van der Waals surface area contributed by atoms with Crippen LogP contribution in [0.25, 0.3) is 0 Å². The zero-order chi connectivity index (χ0) is 17.8. The lowest BCUT2D eigenvalue weighted by atomic mass is 9.85. The molecule has 1 heterocycles. The maximum atomic E-state index is 12.4. The average molecular weight is 360 g/mol. The highest BCUT2D eigenvalue weighted by molar-refractivity contribution is 6.34. The second-order valence-electron chi connectivity index (χ2n) is 6.29. The van der Waals surface area contributed by atoms with Gasteiger partial charge in [-0.1, -0.05) is 18.0 Å². The van der Waals surface area contributed by atoms with Gasteiger partial charge in [0, 0.05) is 31.0 Å². The number of nitrogens with zero attached hydrogens (tertiary/aromatic N) is 2. The molecule has 2 aromatic rings. The van der Waals surface area contributed by atoms with Gasteiger partial charge in [0.1, 0.15) is 5.82 Å². The number of halogens is 1. The van der Waals surface area contributed by atoms with E-state index in [4.69, 9.17) is 11.6 Å². The lowest BCUT2D eigenvalue weighted by Gasteiger charge is -2.25. The first-order valence-corrected chi connectivity index (χ1v) is 8.81. The Balaban J connectivity index is 1.74. The quantitative estimate of drug-likeness (QED) is 0.732. The molecule has 3 rings (SSSR count). The van der Waals surface area contributed by atoms with E-state index in [0.717, 1.165) is 11.5 Å². The number of hydrogen-bond acceptors (Lipinski definition) is 5. The Morgan fingerprint density at radius 3 is 2.76 bits per heavy atom. The molecule has 7 heteroatoms. The van der Waals surface area contributed by atoms with Gasteiger partial charge in [-0.2, -0.15) is 4.98 Å². The molecule has 6 nitrogen and oxygen atoms in total. The van der Waals surface area contributed by atoms with Crippen LogP contribution in [0, 0.1) is 12.8 Å². The van der Waals surface area contributed by atoms with E-state index in [0.29, 0.717) is 34.7 Å². The first-order valence-electron chi connectivity index (χ1n) is 8.43. The summed E-state index contributed by atoms with van der Waals surface area (Å²) in [6, 6.07) is 7.09. The van der Waals surface area contributed by atoms with Gasteiger partial charge in [0.2, 0.25) is 5.95 Å². The molecule has 0 spiro atoms. The maximum absolute atomic E-state index is 12.4. The van der Waals surface area contributed by atoms with E-state index in [1.807, 2.05) is 13.0 Å². The highest BCUT2D eigenvalue weighted by Gasteiger charge is 2.19. The van der Waals surface area contributed by atoms with E-state index in [1.165, 1.54) is 19.3 Å². The average Bonchev–Trinajstić information content (AvgIpc) is 2.54. The first kappa shape index (κ1) is 17.5. The van der Waals surface area contributed by atoms with Crippen LogP contribution >= 0.6 is 11.6 Å². The van der Waals surface area contributed by atoms with Crippen LogP contribution in [0.2, 0.25) is 5.02 Å². The Morgan fingerprint density at radius 1 is 1.28 bits per heavy atom. The third-order valence-electron chi connectivity index (χ3n) is 4.35. The van der Waals surface area contributed by atoms with Crippen molar-refractivity contribution in [3.05, 3.63) is 40.5 Å². The number of benzene rings is 1. The monoisotopic (exact) mass is 359 g/mol. The fourth-order valence-corrected chi connectivity index (χ4v) is 2.89. The molecule has 0 radical (unpaired) electrons.